The summed E-state index contributed by atoms with van der Waals surface area (Å²) in [7, 11) is 0. The summed E-state index contributed by atoms with van der Waals surface area (Å²) in [5.74, 6) is -1.00. The van der Waals surface area contributed by atoms with Crippen LogP contribution in [0.4, 0.5) is 0 Å². The standard InChI is InChI=1S/C6H12O6.C5H10O5/c7-1-3(9)5(11)6(12)4(10)2-8;6-1-3(8)5(10)4(9)2-7/h3,5-9,11-12H,1-2H2;1,3-5,7-10H,2H2/t3-,5+,6+;3-,4+,5+/m10/s1. The smallest absolute Gasteiger partial charge is 0.189 e. The van der Waals surface area contributed by atoms with Crippen molar-refractivity contribution in [1.29, 1.82) is 0 Å². The Labute approximate surface area is 125 Å². The van der Waals surface area contributed by atoms with Gasteiger partial charge in [-0.2, -0.15) is 0 Å². The lowest BCUT2D eigenvalue weighted by Crippen LogP contribution is -2.44. The molecule has 132 valence electrons. The minimum absolute atomic E-state index is 0.0869. The third-order valence-electron chi connectivity index (χ3n) is 2.46. The summed E-state index contributed by atoms with van der Waals surface area (Å²) in [6.07, 6.45) is -9.85. The third-order valence-corrected chi connectivity index (χ3v) is 2.46. The van der Waals surface area contributed by atoms with E-state index in [1.165, 1.54) is 0 Å². The van der Waals surface area contributed by atoms with Gasteiger partial charge in [0.25, 0.3) is 0 Å². The lowest BCUT2D eigenvalue weighted by atomic mass is 10.1. The monoisotopic (exact) mass is 330 g/mol. The summed E-state index contributed by atoms with van der Waals surface area (Å²) in [6.45, 7) is -2.38. The molecule has 11 nitrogen and oxygen atoms in total. The van der Waals surface area contributed by atoms with E-state index in [9.17, 15) is 9.59 Å². The highest BCUT2D eigenvalue weighted by molar-refractivity contribution is 5.84. The minimum atomic E-state index is -1.86. The normalized spacial score (nSPS) is 19.0. The van der Waals surface area contributed by atoms with Gasteiger partial charge in [0.1, 0.15) is 43.2 Å². The van der Waals surface area contributed by atoms with Crippen molar-refractivity contribution in [2.45, 2.75) is 36.6 Å². The summed E-state index contributed by atoms with van der Waals surface area (Å²) in [6, 6.07) is 0. The molecule has 0 fully saturated rings. The predicted molar refractivity (Wildman–Crippen MR) is 68.4 cm³/mol. The van der Waals surface area contributed by atoms with E-state index in [0.29, 0.717) is 0 Å². The van der Waals surface area contributed by atoms with E-state index in [0.717, 1.165) is 0 Å². The molecule has 0 aliphatic heterocycles. The van der Waals surface area contributed by atoms with Crippen LogP contribution in [-0.4, -0.2) is 114 Å². The average molecular weight is 330 g/mol. The predicted octanol–water partition coefficient (Wildman–Crippen LogP) is -6.12. The largest absolute Gasteiger partial charge is 0.394 e. The number of aliphatic hydroxyl groups is 9. The summed E-state index contributed by atoms with van der Waals surface area (Å²) in [5.41, 5.74) is 0. The molecule has 0 spiro atoms. The van der Waals surface area contributed by atoms with Gasteiger partial charge in [-0.05, 0) is 0 Å². The Morgan fingerprint density at radius 2 is 1.23 bits per heavy atom. The van der Waals surface area contributed by atoms with Crippen molar-refractivity contribution in [1.82, 2.24) is 0 Å². The van der Waals surface area contributed by atoms with E-state index >= 15 is 0 Å². The highest BCUT2D eigenvalue weighted by atomic mass is 16.4. The van der Waals surface area contributed by atoms with Crippen LogP contribution in [0.15, 0.2) is 0 Å². The molecule has 0 aromatic heterocycles. The van der Waals surface area contributed by atoms with Gasteiger partial charge in [0, 0.05) is 0 Å². The highest BCUT2D eigenvalue weighted by Gasteiger charge is 2.28. The van der Waals surface area contributed by atoms with E-state index in [-0.39, 0.29) is 6.29 Å². The maximum Gasteiger partial charge on any atom is 0.189 e. The van der Waals surface area contributed by atoms with Crippen LogP contribution in [0.3, 0.4) is 0 Å². The van der Waals surface area contributed by atoms with Crippen LogP contribution in [-0.2, 0) is 9.59 Å². The Hall–Kier alpha value is -1.02. The first kappa shape index (κ1) is 23.2. The Bertz CT molecular complexity index is 310. The number of Topliss-reactive ketones (excluding diaryl/α,β-unsaturated/α-hetero) is 1. The second-order valence-electron chi connectivity index (χ2n) is 4.18. The fraction of sp³-hybridized carbons (Fsp3) is 0.818. The van der Waals surface area contributed by atoms with Gasteiger partial charge < -0.3 is 50.8 Å². The maximum absolute atomic E-state index is 10.5. The van der Waals surface area contributed by atoms with Crippen molar-refractivity contribution in [3.05, 3.63) is 0 Å². The number of aldehydes is 1. The van der Waals surface area contributed by atoms with Crippen molar-refractivity contribution in [2.75, 3.05) is 19.8 Å². The Balaban J connectivity index is 0. The van der Waals surface area contributed by atoms with Crippen LogP contribution in [0.5, 0.6) is 0 Å². The van der Waals surface area contributed by atoms with Crippen LogP contribution in [0.1, 0.15) is 0 Å². The van der Waals surface area contributed by atoms with Gasteiger partial charge in [0.2, 0.25) is 0 Å². The molecule has 0 aromatic carbocycles. The molecule has 0 aliphatic rings. The Morgan fingerprint density at radius 3 is 1.55 bits per heavy atom. The van der Waals surface area contributed by atoms with Gasteiger partial charge in [-0.1, -0.05) is 0 Å². The Morgan fingerprint density at radius 1 is 0.818 bits per heavy atom. The first-order valence-electron chi connectivity index (χ1n) is 6.06. The fourth-order valence-electron chi connectivity index (χ4n) is 1.02. The highest BCUT2D eigenvalue weighted by Crippen LogP contribution is 2.00. The molecule has 0 rings (SSSR count). The van der Waals surface area contributed by atoms with Crippen molar-refractivity contribution in [3.63, 3.8) is 0 Å². The van der Waals surface area contributed by atoms with Gasteiger partial charge in [0.05, 0.1) is 13.2 Å². The van der Waals surface area contributed by atoms with Crippen molar-refractivity contribution >= 4 is 12.1 Å². The van der Waals surface area contributed by atoms with E-state index in [2.05, 4.69) is 0 Å². The summed E-state index contributed by atoms with van der Waals surface area (Å²) < 4.78 is 0. The number of aliphatic hydroxyl groups excluding tert-OH is 9. The van der Waals surface area contributed by atoms with Crippen LogP contribution < -0.4 is 0 Å². The summed E-state index contributed by atoms with van der Waals surface area (Å²) >= 11 is 0. The summed E-state index contributed by atoms with van der Waals surface area (Å²) in [4.78, 5) is 20.3. The summed E-state index contributed by atoms with van der Waals surface area (Å²) in [5, 5.41) is 77.1. The zero-order valence-corrected chi connectivity index (χ0v) is 11.5. The molecular weight excluding hydrogens is 308 g/mol. The van der Waals surface area contributed by atoms with Crippen molar-refractivity contribution in [2.24, 2.45) is 0 Å². The quantitative estimate of drug-likeness (QED) is 0.181. The lowest BCUT2D eigenvalue weighted by Gasteiger charge is -2.19. The molecular formula is C11H22O11. The average Bonchev–Trinajstić information content (AvgIpc) is 2.56. The zero-order chi connectivity index (χ0) is 17.9. The molecule has 0 saturated carbocycles. The molecule has 0 aliphatic carbocycles. The number of hydrogen-bond donors (Lipinski definition) is 9. The van der Waals surface area contributed by atoms with Crippen LogP contribution in [0.2, 0.25) is 0 Å². The van der Waals surface area contributed by atoms with E-state index < -0.39 is 62.2 Å². The topological polar surface area (TPSA) is 216 Å². The lowest BCUT2D eigenvalue weighted by molar-refractivity contribution is -0.142. The fourth-order valence-corrected chi connectivity index (χ4v) is 1.02. The molecule has 0 unspecified atom stereocenters. The molecule has 6 atom stereocenters. The van der Waals surface area contributed by atoms with Gasteiger partial charge in [0.15, 0.2) is 12.1 Å². The number of carbonyl (C=O) groups excluding carboxylic acids is 2. The molecule has 22 heavy (non-hydrogen) atoms. The van der Waals surface area contributed by atoms with Gasteiger partial charge >= 0.3 is 0 Å². The van der Waals surface area contributed by atoms with Gasteiger partial charge in [-0.3, -0.25) is 4.79 Å². The number of rotatable bonds is 9. The van der Waals surface area contributed by atoms with Crippen molar-refractivity contribution < 1.29 is 55.5 Å². The van der Waals surface area contributed by atoms with Gasteiger partial charge in [-0.15, -0.1) is 0 Å². The van der Waals surface area contributed by atoms with E-state index in [1.807, 2.05) is 0 Å². The minimum Gasteiger partial charge on any atom is -0.394 e. The molecule has 0 saturated heterocycles. The van der Waals surface area contributed by atoms with Crippen LogP contribution in [0, 0.1) is 0 Å². The molecule has 0 radical (unpaired) electrons. The number of ketones is 1. The van der Waals surface area contributed by atoms with E-state index in [1.54, 1.807) is 0 Å². The Kier molecular flexibility index (Phi) is 13.2. The first-order chi connectivity index (χ1) is 10.2. The van der Waals surface area contributed by atoms with Gasteiger partial charge in [-0.25, -0.2) is 0 Å². The van der Waals surface area contributed by atoms with Crippen LogP contribution in [0.25, 0.3) is 0 Å². The first-order valence-corrected chi connectivity index (χ1v) is 6.06. The maximum atomic E-state index is 10.5. The zero-order valence-electron chi connectivity index (χ0n) is 11.5. The molecule has 11 heteroatoms. The number of hydrogen-bond acceptors (Lipinski definition) is 11. The molecule has 9 N–H and O–H groups in total. The molecule has 0 bridgehead atoms. The second-order valence-corrected chi connectivity index (χ2v) is 4.18. The molecule has 0 aromatic rings. The van der Waals surface area contributed by atoms with Crippen LogP contribution >= 0.6 is 0 Å². The molecule has 0 heterocycles. The van der Waals surface area contributed by atoms with Crippen molar-refractivity contribution in [3.8, 4) is 0 Å². The second kappa shape index (κ2) is 12.5. The molecule has 0 amide bonds. The number of carbonyl (C=O) groups is 2. The third kappa shape index (κ3) is 8.43. The SMILES string of the molecule is O=C(CO)[C@H](O)[C@@H](O)[C@H](O)CO.O=C[C@H](O)[C@@H](O)[C@H](O)CO. The van der Waals surface area contributed by atoms with E-state index in [4.69, 9.17) is 46.0 Å².